The Hall–Kier alpha value is 0.710. The Morgan fingerprint density at radius 1 is 0.800 bits per heavy atom. The first kappa shape index (κ1) is 30.7. The number of thioether (sulfide) groups is 1. The number of quaternary nitrogens is 1. The summed E-state index contributed by atoms with van der Waals surface area (Å²) in [4.78, 5) is 0. The first-order valence-corrected chi connectivity index (χ1v) is 13.8. The van der Waals surface area contributed by atoms with Gasteiger partial charge in [0.2, 0.25) is 0 Å². The monoisotopic (exact) mass is 509 g/mol. The van der Waals surface area contributed by atoms with E-state index < -0.39 is 0 Å². The van der Waals surface area contributed by atoms with Gasteiger partial charge in [0.1, 0.15) is 24.6 Å². The van der Waals surface area contributed by atoms with Gasteiger partial charge < -0.3 is 31.3 Å². The van der Waals surface area contributed by atoms with Gasteiger partial charge in [0.15, 0.2) is 0 Å². The summed E-state index contributed by atoms with van der Waals surface area (Å²) in [5, 5.41) is 9.17. The van der Waals surface area contributed by atoms with Crippen LogP contribution in [0.25, 0.3) is 0 Å². The van der Waals surface area contributed by atoms with Crippen LogP contribution in [0.5, 0.6) is 0 Å². The van der Waals surface area contributed by atoms with E-state index in [1.807, 2.05) is 11.8 Å². The van der Waals surface area contributed by atoms with Crippen LogP contribution in [0.1, 0.15) is 110 Å². The zero-order valence-corrected chi connectivity index (χ0v) is 22.8. The summed E-state index contributed by atoms with van der Waals surface area (Å²) in [5.41, 5.74) is 0.413. The molecule has 0 saturated carbocycles. The highest BCUT2D eigenvalue weighted by Gasteiger charge is 2.30. The first-order valence-electron chi connectivity index (χ1n) is 12.8. The summed E-state index contributed by atoms with van der Waals surface area (Å²) in [6, 6.07) is 0. The molecule has 0 aromatic rings. The van der Waals surface area contributed by atoms with E-state index in [4.69, 9.17) is 9.84 Å². The number of unbranched alkanes of at least 4 members (excludes halogenated alkanes) is 14. The third-order valence-electron chi connectivity index (χ3n) is 6.26. The molecule has 1 aliphatic rings. The zero-order chi connectivity index (χ0) is 21.2. The number of likely N-dealkylation sites (N-methyl/N-ethyl adjacent to an activating group) is 1. The molecule has 0 amide bonds. The Labute approximate surface area is 203 Å². The van der Waals surface area contributed by atoms with Crippen molar-refractivity contribution in [2.24, 2.45) is 0 Å². The van der Waals surface area contributed by atoms with Crippen molar-refractivity contribution in [1.82, 2.24) is 0 Å². The van der Waals surface area contributed by atoms with Crippen molar-refractivity contribution in [3.05, 3.63) is 0 Å². The third kappa shape index (κ3) is 17.3. The maximum atomic E-state index is 9.17. The van der Waals surface area contributed by atoms with Crippen molar-refractivity contribution in [2.75, 3.05) is 39.5 Å². The van der Waals surface area contributed by atoms with Crippen molar-refractivity contribution in [2.45, 2.75) is 121 Å². The fourth-order valence-electron chi connectivity index (χ4n) is 4.35. The number of aliphatic hydroxyl groups excluding tert-OH is 1. The topological polar surface area (TPSA) is 29.5 Å². The summed E-state index contributed by atoms with van der Waals surface area (Å²) < 4.78 is 7.08. The van der Waals surface area contributed by atoms with Crippen LogP contribution in [0.2, 0.25) is 0 Å². The van der Waals surface area contributed by atoms with Gasteiger partial charge in [-0.05, 0) is 12.8 Å². The molecule has 1 fully saturated rings. The molecule has 2 unspecified atom stereocenters. The fourth-order valence-corrected chi connectivity index (χ4v) is 5.53. The van der Waals surface area contributed by atoms with E-state index in [1.54, 1.807) is 0 Å². The Morgan fingerprint density at radius 2 is 1.27 bits per heavy atom. The van der Waals surface area contributed by atoms with Crippen LogP contribution in [0.3, 0.4) is 0 Å². The Bertz CT molecular complexity index is 371. The van der Waals surface area contributed by atoms with Crippen LogP contribution in [0.15, 0.2) is 0 Å². The standard InChI is InChI=1S/C25H52NO2S.BrH/c1-4-5-6-7-8-9-10-11-12-13-14-15-16-17-18-19-25-28-24(23-29-25)22-26(2,3)20-21-27;/h24-25,27H,4-23H2,1-3H3;1H/q+1;/p-1. The molecule has 0 aliphatic carbocycles. The first-order chi connectivity index (χ1) is 14.1. The van der Waals surface area contributed by atoms with Gasteiger partial charge in [-0.25, -0.2) is 0 Å². The number of ether oxygens (including phenoxy) is 1. The van der Waals surface area contributed by atoms with E-state index in [1.165, 1.54) is 103 Å². The zero-order valence-electron chi connectivity index (χ0n) is 20.4. The number of hydrogen-bond donors (Lipinski definition) is 1. The summed E-state index contributed by atoms with van der Waals surface area (Å²) in [6.45, 7) is 4.38. The van der Waals surface area contributed by atoms with Gasteiger partial charge in [-0.15, -0.1) is 11.8 Å². The Kier molecular flexibility index (Phi) is 20.8. The minimum atomic E-state index is 0. The van der Waals surface area contributed by atoms with Crippen LogP contribution in [-0.2, 0) is 4.74 Å². The molecule has 1 saturated heterocycles. The predicted molar refractivity (Wildman–Crippen MR) is 130 cm³/mol. The highest BCUT2D eigenvalue weighted by molar-refractivity contribution is 8.00. The molecular formula is C25H52BrNO2S. The SMILES string of the molecule is CCCCCCCCCCCCCCCCCC1OC(C[N+](C)(C)CCO)CS1.[Br-]. The lowest BCUT2D eigenvalue weighted by molar-refractivity contribution is -0.893. The average molecular weight is 511 g/mol. The van der Waals surface area contributed by atoms with Crippen LogP contribution in [0.4, 0.5) is 0 Å². The van der Waals surface area contributed by atoms with Gasteiger partial charge >= 0.3 is 0 Å². The minimum absolute atomic E-state index is 0. The number of aliphatic hydroxyl groups is 1. The van der Waals surface area contributed by atoms with Crippen molar-refractivity contribution >= 4 is 11.8 Å². The molecular weight excluding hydrogens is 458 g/mol. The highest BCUT2D eigenvalue weighted by Crippen LogP contribution is 2.30. The van der Waals surface area contributed by atoms with Gasteiger partial charge in [-0.2, -0.15) is 0 Å². The maximum Gasteiger partial charge on any atom is 0.117 e. The van der Waals surface area contributed by atoms with Crippen LogP contribution >= 0.6 is 11.8 Å². The van der Waals surface area contributed by atoms with Gasteiger partial charge in [0.05, 0.1) is 20.7 Å². The third-order valence-corrected chi connectivity index (χ3v) is 7.54. The molecule has 1 heterocycles. The predicted octanol–water partition coefficient (Wildman–Crippen LogP) is 3.78. The number of halogens is 1. The second-order valence-electron chi connectivity index (χ2n) is 9.82. The summed E-state index contributed by atoms with van der Waals surface area (Å²) in [6.07, 6.45) is 23.0. The minimum Gasteiger partial charge on any atom is -1.00 e. The number of hydrogen-bond acceptors (Lipinski definition) is 3. The molecule has 0 spiro atoms. The van der Waals surface area contributed by atoms with Gasteiger partial charge in [-0.3, -0.25) is 0 Å². The summed E-state index contributed by atoms with van der Waals surface area (Å²) >= 11 is 2.00. The van der Waals surface area contributed by atoms with Crippen molar-refractivity contribution < 1.29 is 31.3 Å². The molecule has 2 atom stereocenters. The molecule has 0 bridgehead atoms. The lowest BCUT2D eigenvalue weighted by Gasteiger charge is -2.31. The smallest absolute Gasteiger partial charge is 0.117 e. The van der Waals surface area contributed by atoms with Crippen LogP contribution in [-0.4, -0.2) is 60.7 Å². The molecule has 30 heavy (non-hydrogen) atoms. The van der Waals surface area contributed by atoms with Gasteiger partial charge in [0.25, 0.3) is 0 Å². The number of rotatable bonds is 20. The molecule has 1 rings (SSSR count). The molecule has 1 N–H and O–H groups in total. The number of nitrogens with zero attached hydrogens (tertiary/aromatic N) is 1. The summed E-state index contributed by atoms with van der Waals surface area (Å²) in [7, 11) is 4.37. The Morgan fingerprint density at radius 3 is 1.73 bits per heavy atom. The molecule has 0 aromatic carbocycles. The van der Waals surface area contributed by atoms with E-state index >= 15 is 0 Å². The van der Waals surface area contributed by atoms with E-state index in [-0.39, 0.29) is 23.6 Å². The molecule has 3 nitrogen and oxygen atoms in total. The molecule has 5 heteroatoms. The second kappa shape index (κ2) is 20.3. The highest BCUT2D eigenvalue weighted by atomic mass is 79.9. The van der Waals surface area contributed by atoms with E-state index in [2.05, 4.69) is 21.0 Å². The molecule has 0 radical (unpaired) electrons. The van der Waals surface area contributed by atoms with E-state index in [9.17, 15) is 0 Å². The van der Waals surface area contributed by atoms with Crippen molar-refractivity contribution in [3.63, 3.8) is 0 Å². The van der Waals surface area contributed by atoms with Gasteiger partial charge in [-0.1, -0.05) is 96.8 Å². The Balaban J connectivity index is 0.00000841. The molecule has 182 valence electrons. The van der Waals surface area contributed by atoms with E-state index in [0.717, 1.165) is 23.3 Å². The van der Waals surface area contributed by atoms with Crippen molar-refractivity contribution in [3.8, 4) is 0 Å². The second-order valence-corrected chi connectivity index (χ2v) is 11.0. The fraction of sp³-hybridized carbons (Fsp3) is 1.00. The summed E-state index contributed by atoms with van der Waals surface area (Å²) in [5.74, 6) is 1.12. The largest absolute Gasteiger partial charge is 1.00 e. The molecule has 0 aromatic heterocycles. The maximum absolute atomic E-state index is 9.17. The van der Waals surface area contributed by atoms with E-state index in [0.29, 0.717) is 11.5 Å². The van der Waals surface area contributed by atoms with Crippen molar-refractivity contribution in [1.29, 1.82) is 0 Å². The molecule has 1 aliphatic heterocycles. The van der Waals surface area contributed by atoms with Crippen LogP contribution < -0.4 is 17.0 Å². The lowest BCUT2D eigenvalue weighted by atomic mass is 10.0. The van der Waals surface area contributed by atoms with Crippen LogP contribution in [0, 0.1) is 0 Å². The lowest BCUT2D eigenvalue weighted by Crippen LogP contribution is -3.00. The normalized spacial score (nSPS) is 19.2. The average Bonchev–Trinajstić information content (AvgIpc) is 3.11. The quantitative estimate of drug-likeness (QED) is 0.200. The van der Waals surface area contributed by atoms with Gasteiger partial charge in [0, 0.05) is 5.75 Å².